The fourth-order valence-corrected chi connectivity index (χ4v) is 2.48. The Morgan fingerprint density at radius 2 is 2.04 bits per heavy atom. The number of fused-ring (bicyclic) bond motifs is 1. The minimum absolute atomic E-state index is 0.0327. The lowest BCUT2D eigenvalue weighted by molar-refractivity contribution is 0.0593. The van der Waals surface area contributed by atoms with Gasteiger partial charge in [-0.2, -0.15) is 5.10 Å². The predicted octanol–water partition coefficient (Wildman–Crippen LogP) is 2.98. The van der Waals surface area contributed by atoms with Gasteiger partial charge in [0.1, 0.15) is 11.0 Å². The molecule has 2 rings (SSSR count). The van der Waals surface area contributed by atoms with Crippen LogP contribution in [0.4, 0.5) is 8.78 Å². The Morgan fingerprint density at radius 3 is 2.71 bits per heavy atom. The van der Waals surface area contributed by atoms with Crippen LogP contribution in [0.1, 0.15) is 23.3 Å². The first-order valence-electron chi connectivity index (χ1n) is 6.97. The van der Waals surface area contributed by atoms with Gasteiger partial charge in [0.05, 0.1) is 20.3 Å². The number of nitrogens with zero attached hydrogens (tertiary/aromatic N) is 4. The molecule has 0 aliphatic carbocycles. The summed E-state index contributed by atoms with van der Waals surface area (Å²) in [5.74, 6) is -0.692. The summed E-state index contributed by atoms with van der Waals surface area (Å²) in [5, 5.41) is 4.01. The Labute approximate surface area is 145 Å². The monoisotopic (exact) mass is 382 g/mol. The van der Waals surface area contributed by atoms with Crippen molar-refractivity contribution in [3.8, 4) is 0 Å². The van der Waals surface area contributed by atoms with Gasteiger partial charge < -0.3 is 9.47 Å². The molecule has 0 radical (unpaired) electrons. The van der Waals surface area contributed by atoms with Crippen molar-refractivity contribution in [1.82, 2.24) is 19.7 Å². The van der Waals surface area contributed by atoms with Gasteiger partial charge in [-0.15, -0.1) is 0 Å². The lowest BCUT2D eigenvalue weighted by atomic mass is 10.3. The van der Waals surface area contributed by atoms with Crippen molar-refractivity contribution >= 4 is 40.2 Å². The number of ether oxygens (including phenoxy) is 2. The number of carbonyl (C=O) groups excluding carboxylic acids is 1. The smallest absolute Gasteiger partial charge is 0.360 e. The number of halogens is 4. The van der Waals surface area contributed by atoms with E-state index in [1.807, 2.05) is 0 Å². The Hall–Kier alpha value is -1.58. The van der Waals surface area contributed by atoms with E-state index in [0.717, 1.165) is 0 Å². The fourth-order valence-electron chi connectivity index (χ4n) is 2.00. The zero-order valence-corrected chi connectivity index (χ0v) is 14.2. The van der Waals surface area contributed by atoms with E-state index in [9.17, 15) is 13.6 Å². The summed E-state index contributed by atoms with van der Waals surface area (Å²) in [6.45, 7) is 0.621. The predicted molar refractivity (Wildman–Crippen MR) is 82.7 cm³/mol. The molecule has 0 spiro atoms. The van der Waals surface area contributed by atoms with Crippen LogP contribution in [0, 0.1) is 0 Å². The number of aromatic nitrogens is 4. The van der Waals surface area contributed by atoms with E-state index in [-0.39, 0.29) is 54.2 Å². The van der Waals surface area contributed by atoms with Crippen molar-refractivity contribution in [3.05, 3.63) is 16.1 Å². The number of rotatable bonds is 8. The molecular formula is C13H14Cl2F2N4O3. The maximum atomic E-state index is 12.0. The molecule has 0 aliphatic rings. The second-order valence-electron chi connectivity index (χ2n) is 4.69. The Bertz CT molecular complexity index is 727. The Balaban J connectivity index is 2.13. The van der Waals surface area contributed by atoms with Crippen LogP contribution in [0.25, 0.3) is 11.0 Å². The van der Waals surface area contributed by atoms with Gasteiger partial charge in [0, 0.05) is 13.0 Å². The normalized spacial score (nSPS) is 11.4. The zero-order valence-electron chi connectivity index (χ0n) is 12.6. The third-order valence-electron chi connectivity index (χ3n) is 3.05. The number of methoxy groups -OCH3 is 1. The number of hydrogen-bond acceptors (Lipinski definition) is 6. The highest BCUT2D eigenvalue weighted by atomic mass is 35.5. The number of carbonyl (C=O) groups is 1. The Morgan fingerprint density at radius 1 is 1.29 bits per heavy atom. The van der Waals surface area contributed by atoms with Crippen molar-refractivity contribution in [1.29, 1.82) is 0 Å². The van der Waals surface area contributed by atoms with Gasteiger partial charge in [0.25, 0.3) is 0 Å². The SMILES string of the molecule is COC(=O)c1nn(CCOCCCC(F)F)c2c(Cl)nc(Cl)nc12. The molecular weight excluding hydrogens is 369 g/mol. The van der Waals surface area contributed by atoms with Gasteiger partial charge in [0.15, 0.2) is 10.8 Å². The molecule has 2 aromatic heterocycles. The molecule has 0 amide bonds. The standard InChI is InChI=1S/C13H14Cl2F2N4O3/c1-23-12(22)9-8-10(11(14)19-13(15)18-8)21(20-9)4-6-24-5-2-3-7(16)17/h7H,2-6H2,1H3. The third-order valence-corrected chi connectivity index (χ3v) is 3.49. The van der Waals surface area contributed by atoms with E-state index in [1.54, 1.807) is 0 Å². The number of alkyl halides is 2. The largest absolute Gasteiger partial charge is 0.464 e. The van der Waals surface area contributed by atoms with Crippen LogP contribution in [0.5, 0.6) is 0 Å². The van der Waals surface area contributed by atoms with Crippen molar-refractivity contribution in [2.75, 3.05) is 20.3 Å². The summed E-state index contributed by atoms with van der Waals surface area (Å²) in [6, 6.07) is 0. The van der Waals surface area contributed by atoms with E-state index < -0.39 is 12.4 Å². The van der Waals surface area contributed by atoms with E-state index in [0.29, 0.717) is 5.52 Å². The van der Waals surface area contributed by atoms with Crippen LogP contribution in [-0.4, -0.2) is 52.5 Å². The van der Waals surface area contributed by atoms with Gasteiger partial charge >= 0.3 is 5.97 Å². The van der Waals surface area contributed by atoms with Crippen LogP contribution >= 0.6 is 23.2 Å². The highest BCUT2D eigenvalue weighted by molar-refractivity contribution is 6.35. The van der Waals surface area contributed by atoms with E-state index in [4.69, 9.17) is 27.9 Å². The molecule has 0 saturated heterocycles. The van der Waals surface area contributed by atoms with Crippen molar-refractivity contribution < 1.29 is 23.0 Å². The van der Waals surface area contributed by atoms with Crippen LogP contribution in [0.15, 0.2) is 0 Å². The highest BCUT2D eigenvalue weighted by Crippen LogP contribution is 2.25. The first-order valence-corrected chi connectivity index (χ1v) is 7.73. The molecule has 0 fully saturated rings. The van der Waals surface area contributed by atoms with Crippen LogP contribution in [0.3, 0.4) is 0 Å². The molecule has 24 heavy (non-hydrogen) atoms. The molecule has 0 bridgehead atoms. The van der Waals surface area contributed by atoms with E-state index in [2.05, 4.69) is 19.8 Å². The summed E-state index contributed by atoms with van der Waals surface area (Å²) >= 11 is 11.8. The van der Waals surface area contributed by atoms with Crippen molar-refractivity contribution in [2.24, 2.45) is 0 Å². The average Bonchev–Trinajstić information content (AvgIpc) is 2.88. The first-order chi connectivity index (χ1) is 11.4. The summed E-state index contributed by atoms with van der Waals surface area (Å²) in [5.41, 5.74) is 0.443. The topological polar surface area (TPSA) is 79.1 Å². The maximum Gasteiger partial charge on any atom is 0.360 e. The molecule has 0 aliphatic heterocycles. The average molecular weight is 383 g/mol. The van der Waals surface area contributed by atoms with Gasteiger partial charge in [-0.25, -0.2) is 23.5 Å². The summed E-state index contributed by atoms with van der Waals surface area (Å²) in [7, 11) is 1.21. The van der Waals surface area contributed by atoms with Crippen LogP contribution in [0.2, 0.25) is 10.4 Å². The molecule has 132 valence electrons. The molecule has 0 atom stereocenters. The second kappa shape index (κ2) is 8.50. The number of hydrogen-bond donors (Lipinski definition) is 0. The molecule has 0 N–H and O–H groups in total. The molecule has 0 unspecified atom stereocenters. The molecule has 7 nitrogen and oxygen atoms in total. The molecule has 11 heteroatoms. The van der Waals surface area contributed by atoms with Gasteiger partial charge in [-0.1, -0.05) is 11.6 Å². The quantitative estimate of drug-likeness (QED) is 0.302. The molecule has 0 aromatic carbocycles. The summed E-state index contributed by atoms with van der Waals surface area (Å²) < 4.78 is 35.4. The van der Waals surface area contributed by atoms with Gasteiger partial charge in [-0.05, 0) is 18.0 Å². The fraction of sp³-hybridized carbons (Fsp3) is 0.538. The van der Waals surface area contributed by atoms with Crippen LogP contribution < -0.4 is 0 Å². The molecule has 0 saturated carbocycles. The zero-order chi connectivity index (χ0) is 17.7. The Kier molecular flexibility index (Phi) is 6.64. The van der Waals surface area contributed by atoms with Crippen molar-refractivity contribution in [3.63, 3.8) is 0 Å². The van der Waals surface area contributed by atoms with Crippen LogP contribution in [-0.2, 0) is 16.0 Å². The minimum atomic E-state index is -2.34. The maximum absolute atomic E-state index is 12.0. The molecule has 2 heterocycles. The first kappa shape index (κ1) is 18.8. The van der Waals surface area contributed by atoms with Gasteiger partial charge in [0.2, 0.25) is 11.7 Å². The molecule has 2 aromatic rings. The highest BCUT2D eigenvalue weighted by Gasteiger charge is 2.22. The van der Waals surface area contributed by atoms with Gasteiger partial charge in [-0.3, -0.25) is 4.68 Å². The summed E-state index contributed by atoms with van der Waals surface area (Å²) in [6.07, 6.45) is -2.30. The second-order valence-corrected chi connectivity index (χ2v) is 5.39. The van der Waals surface area contributed by atoms with E-state index >= 15 is 0 Å². The lowest BCUT2D eigenvalue weighted by Gasteiger charge is -2.06. The van der Waals surface area contributed by atoms with Crippen molar-refractivity contribution in [2.45, 2.75) is 25.8 Å². The lowest BCUT2D eigenvalue weighted by Crippen LogP contribution is -2.10. The third kappa shape index (κ3) is 4.49. The number of esters is 1. The van der Waals surface area contributed by atoms with E-state index in [1.165, 1.54) is 11.8 Å². The summed E-state index contributed by atoms with van der Waals surface area (Å²) in [4.78, 5) is 19.6. The minimum Gasteiger partial charge on any atom is -0.464 e.